The second-order valence-electron chi connectivity index (χ2n) is 9.29. The molecule has 10 nitrogen and oxygen atoms in total. The maximum atomic E-state index is 13.6. The summed E-state index contributed by atoms with van der Waals surface area (Å²) in [4.78, 5) is 63.8. The van der Waals surface area contributed by atoms with Crippen LogP contribution in [0.2, 0.25) is 5.02 Å². The average Bonchev–Trinajstić information content (AvgIpc) is 3.21. The van der Waals surface area contributed by atoms with Gasteiger partial charge < -0.3 is 4.74 Å². The SMILES string of the molecule is O=C(CN(C(=O)c1ccccc1Cl)N1C(=O)[C@H]2CC=CC[C@H]2C1=O)c1ccc(Oc2ccc([N+](=O)[O-])cc2)cc1. The number of nitrogens with zero attached hydrogens (tertiary/aromatic N) is 3. The molecule has 202 valence electrons. The molecule has 1 aliphatic carbocycles. The van der Waals surface area contributed by atoms with Gasteiger partial charge in [0.25, 0.3) is 23.4 Å². The van der Waals surface area contributed by atoms with Crippen molar-refractivity contribution >= 4 is 40.8 Å². The van der Waals surface area contributed by atoms with Gasteiger partial charge in [-0.1, -0.05) is 35.9 Å². The van der Waals surface area contributed by atoms with Crippen LogP contribution in [-0.2, 0) is 9.59 Å². The summed E-state index contributed by atoms with van der Waals surface area (Å²) in [6, 6.07) is 17.8. The van der Waals surface area contributed by atoms with Gasteiger partial charge in [-0.15, -0.1) is 0 Å². The summed E-state index contributed by atoms with van der Waals surface area (Å²) in [5.41, 5.74) is 0.193. The Kier molecular flexibility index (Phi) is 7.43. The van der Waals surface area contributed by atoms with E-state index in [0.29, 0.717) is 24.3 Å². The highest BCUT2D eigenvalue weighted by Crippen LogP contribution is 2.36. The highest BCUT2D eigenvalue weighted by Gasteiger charge is 2.51. The van der Waals surface area contributed by atoms with Crippen LogP contribution in [0.4, 0.5) is 5.69 Å². The number of rotatable bonds is 8. The number of benzene rings is 3. The first-order valence-corrected chi connectivity index (χ1v) is 12.8. The highest BCUT2D eigenvalue weighted by molar-refractivity contribution is 6.34. The van der Waals surface area contributed by atoms with Crippen molar-refractivity contribution in [3.05, 3.63) is 111 Å². The predicted octanol–water partition coefficient (Wildman–Crippen LogP) is 5.23. The third-order valence-electron chi connectivity index (χ3n) is 6.82. The molecule has 1 heterocycles. The first-order chi connectivity index (χ1) is 19.2. The van der Waals surface area contributed by atoms with Crippen molar-refractivity contribution in [3.63, 3.8) is 0 Å². The number of hydrogen-bond donors (Lipinski definition) is 0. The van der Waals surface area contributed by atoms with Crippen LogP contribution in [0.1, 0.15) is 33.6 Å². The normalized spacial score (nSPS) is 17.9. The van der Waals surface area contributed by atoms with E-state index in [4.69, 9.17) is 16.3 Å². The fraction of sp³-hybridized carbons (Fsp3) is 0.172. The number of amides is 3. The number of Topliss-reactive ketones (excluding diaryl/α,β-unsaturated/α-hetero) is 1. The van der Waals surface area contributed by atoms with Crippen LogP contribution < -0.4 is 4.74 Å². The van der Waals surface area contributed by atoms with Crippen LogP contribution in [0.15, 0.2) is 84.9 Å². The number of fused-ring (bicyclic) bond motifs is 1. The molecule has 0 radical (unpaired) electrons. The zero-order valence-electron chi connectivity index (χ0n) is 20.9. The lowest BCUT2D eigenvalue weighted by molar-refractivity contribution is -0.384. The minimum absolute atomic E-state index is 0.0532. The van der Waals surface area contributed by atoms with Crippen molar-refractivity contribution < 1.29 is 28.8 Å². The van der Waals surface area contributed by atoms with E-state index in [0.717, 1.165) is 10.0 Å². The molecule has 3 aromatic rings. The quantitative estimate of drug-likeness (QED) is 0.121. The molecular formula is C29H22ClN3O7. The fourth-order valence-corrected chi connectivity index (χ4v) is 4.95. The Morgan fingerprint density at radius 2 is 1.45 bits per heavy atom. The average molecular weight is 560 g/mol. The zero-order chi connectivity index (χ0) is 28.4. The molecule has 0 aromatic heterocycles. The zero-order valence-corrected chi connectivity index (χ0v) is 21.7. The molecule has 5 rings (SSSR count). The number of carbonyl (C=O) groups excluding carboxylic acids is 4. The molecule has 3 amide bonds. The van der Waals surface area contributed by atoms with Crippen LogP contribution in [-0.4, -0.2) is 45.0 Å². The number of hydrogen-bond acceptors (Lipinski definition) is 7. The Labute approximate surface area is 233 Å². The maximum absolute atomic E-state index is 13.6. The van der Waals surface area contributed by atoms with Gasteiger partial charge in [0.1, 0.15) is 18.0 Å². The molecule has 2 atom stereocenters. The number of halogens is 1. The lowest BCUT2D eigenvalue weighted by atomic mass is 9.85. The van der Waals surface area contributed by atoms with E-state index in [1.165, 1.54) is 60.7 Å². The van der Waals surface area contributed by atoms with Gasteiger partial charge in [-0.05, 0) is 61.4 Å². The van der Waals surface area contributed by atoms with Gasteiger partial charge in [0.15, 0.2) is 5.78 Å². The first-order valence-electron chi connectivity index (χ1n) is 12.4. The van der Waals surface area contributed by atoms with Crippen molar-refractivity contribution in [3.8, 4) is 11.5 Å². The summed E-state index contributed by atoms with van der Waals surface area (Å²) < 4.78 is 5.69. The van der Waals surface area contributed by atoms with E-state index in [1.54, 1.807) is 12.1 Å². The summed E-state index contributed by atoms with van der Waals surface area (Å²) in [6.45, 7) is -0.572. The monoisotopic (exact) mass is 559 g/mol. The minimum Gasteiger partial charge on any atom is -0.457 e. The number of hydrazine groups is 1. The second-order valence-corrected chi connectivity index (χ2v) is 9.69. The van der Waals surface area contributed by atoms with E-state index in [-0.39, 0.29) is 21.8 Å². The van der Waals surface area contributed by atoms with Crippen molar-refractivity contribution in [2.75, 3.05) is 6.54 Å². The summed E-state index contributed by atoms with van der Waals surface area (Å²) in [5, 5.41) is 12.6. The van der Waals surface area contributed by atoms with Crippen LogP contribution in [0, 0.1) is 22.0 Å². The van der Waals surface area contributed by atoms with Gasteiger partial charge in [-0.25, -0.2) is 5.01 Å². The third-order valence-corrected chi connectivity index (χ3v) is 7.15. The Bertz CT molecular complexity index is 1510. The maximum Gasteiger partial charge on any atom is 0.274 e. The van der Waals surface area contributed by atoms with Crippen molar-refractivity contribution in [2.45, 2.75) is 12.8 Å². The van der Waals surface area contributed by atoms with E-state index < -0.39 is 46.8 Å². The highest BCUT2D eigenvalue weighted by atomic mass is 35.5. The standard InChI is InChI=1S/C29H22ClN3O7/c30-25-8-4-3-7-24(25)27(35)31(32-28(36)22-5-1-2-6-23(22)29(32)37)17-26(34)18-9-13-20(14-10-18)40-21-15-11-19(12-16-21)33(38)39/h1-4,7-16,22-23H,5-6,17H2/t22-,23+. The van der Waals surface area contributed by atoms with Crippen LogP contribution in [0.3, 0.4) is 0 Å². The molecule has 0 N–H and O–H groups in total. The number of ketones is 1. The summed E-state index contributed by atoms with van der Waals surface area (Å²) in [5.74, 6) is -2.77. The third kappa shape index (κ3) is 5.21. The Hall–Kier alpha value is -4.83. The molecule has 2 aliphatic rings. The second kappa shape index (κ2) is 11.1. The largest absolute Gasteiger partial charge is 0.457 e. The minimum atomic E-state index is -0.745. The summed E-state index contributed by atoms with van der Waals surface area (Å²) in [7, 11) is 0. The molecule has 0 unspecified atom stereocenters. The van der Waals surface area contributed by atoms with Gasteiger partial charge in [0.05, 0.1) is 27.3 Å². The summed E-state index contributed by atoms with van der Waals surface area (Å²) >= 11 is 6.25. The summed E-state index contributed by atoms with van der Waals surface area (Å²) in [6.07, 6.45) is 4.43. The Balaban J connectivity index is 1.38. The molecule has 0 saturated carbocycles. The number of nitro benzene ring substituents is 1. The van der Waals surface area contributed by atoms with Gasteiger partial charge in [-0.2, -0.15) is 5.01 Å². The smallest absolute Gasteiger partial charge is 0.274 e. The first kappa shape index (κ1) is 26.8. The number of non-ortho nitro benzene ring substituents is 1. The number of carbonyl (C=O) groups is 4. The molecule has 1 fully saturated rings. The number of allylic oxidation sites excluding steroid dienone is 2. The lowest BCUT2D eigenvalue weighted by Crippen LogP contribution is -2.52. The van der Waals surface area contributed by atoms with E-state index in [9.17, 15) is 29.3 Å². The number of imide groups is 1. The van der Waals surface area contributed by atoms with Crippen LogP contribution in [0.25, 0.3) is 0 Å². The van der Waals surface area contributed by atoms with Gasteiger partial charge in [-0.3, -0.25) is 29.3 Å². The van der Waals surface area contributed by atoms with Crippen LogP contribution in [0.5, 0.6) is 11.5 Å². The molecular weight excluding hydrogens is 538 g/mol. The predicted molar refractivity (Wildman–Crippen MR) is 144 cm³/mol. The molecule has 40 heavy (non-hydrogen) atoms. The molecule has 11 heteroatoms. The Morgan fingerprint density at radius 1 is 0.900 bits per heavy atom. The molecule has 0 bridgehead atoms. The van der Waals surface area contributed by atoms with Gasteiger partial charge >= 0.3 is 0 Å². The molecule has 1 saturated heterocycles. The topological polar surface area (TPSA) is 127 Å². The number of ether oxygens (including phenoxy) is 1. The lowest BCUT2D eigenvalue weighted by Gasteiger charge is -2.30. The van der Waals surface area contributed by atoms with Crippen molar-refractivity contribution in [2.24, 2.45) is 11.8 Å². The number of nitro groups is 1. The molecule has 3 aromatic carbocycles. The van der Waals surface area contributed by atoms with E-state index in [1.807, 2.05) is 12.2 Å². The van der Waals surface area contributed by atoms with Gasteiger partial charge in [0.2, 0.25) is 0 Å². The Morgan fingerprint density at radius 3 is 2.00 bits per heavy atom. The van der Waals surface area contributed by atoms with Gasteiger partial charge in [0, 0.05) is 17.7 Å². The van der Waals surface area contributed by atoms with Crippen molar-refractivity contribution in [1.29, 1.82) is 0 Å². The van der Waals surface area contributed by atoms with E-state index in [2.05, 4.69) is 0 Å². The van der Waals surface area contributed by atoms with Crippen LogP contribution >= 0.6 is 11.6 Å². The molecule has 0 spiro atoms. The van der Waals surface area contributed by atoms with Crippen molar-refractivity contribution in [1.82, 2.24) is 10.0 Å². The molecule has 1 aliphatic heterocycles. The fourth-order valence-electron chi connectivity index (χ4n) is 4.74. The van der Waals surface area contributed by atoms with E-state index >= 15 is 0 Å².